The van der Waals surface area contributed by atoms with Gasteiger partial charge < -0.3 is 4.90 Å². The number of rotatable bonds is 4. The molecule has 1 aromatic rings. The maximum absolute atomic E-state index is 4.49. The van der Waals surface area contributed by atoms with E-state index in [1.54, 1.807) is 0 Å². The minimum Gasteiger partial charge on any atom is -0.356 e. The van der Waals surface area contributed by atoms with Gasteiger partial charge in [-0.25, -0.2) is 4.98 Å². The van der Waals surface area contributed by atoms with Crippen LogP contribution in [0.2, 0.25) is 0 Å². The van der Waals surface area contributed by atoms with Crippen LogP contribution in [0.3, 0.4) is 0 Å². The standard InChI is InChI=1S/C11H18N2S/c1-9-6-5-7-11(12-9)13(3)10(2)8-14-4/h5-7,10H,8H2,1-4H3/t10-/m1/s1. The third kappa shape index (κ3) is 2.91. The number of anilines is 1. The molecule has 2 nitrogen and oxygen atoms in total. The maximum atomic E-state index is 4.49. The number of nitrogens with zero attached hydrogens (tertiary/aromatic N) is 2. The Kier molecular flexibility index (Phi) is 4.26. The zero-order valence-electron chi connectivity index (χ0n) is 9.32. The predicted molar refractivity (Wildman–Crippen MR) is 65.2 cm³/mol. The summed E-state index contributed by atoms with van der Waals surface area (Å²) >= 11 is 1.87. The first-order valence-electron chi connectivity index (χ1n) is 4.80. The summed E-state index contributed by atoms with van der Waals surface area (Å²) in [6.45, 7) is 4.25. The lowest BCUT2D eigenvalue weighted by Crippen LogP contribution is -2.31. The summed E-state index contributed by atoms with van der Waals surface area (Å²) in [5.41, 5.74) is 1.07. The Morgan fingerprint density at radius 2 is 2.21 bits per heavy atom. The van der Waals surface area contributed by atoms with Crippen LogP contribution >= 0.6 is 11.8 Å². The molecule has 0 spiro atoms. The van der Waals surface area contributed by atoms with Crippen molar-refractivity contribution in [3.8, 4) is 0 Å². The van der Waals surface area contributed by atoms with Crippen LogP contribution in [0.4, 0.5) is 5.82 Å². The Balaban J connectivity index is 2.73. The highest BCUT2D eigenvalue weighted by molar-refractivity contribution is 7.98. The molecular weight excluding hydrogens is 192 g/mol. The smallest absolute Gasteiger partial charge is 0.128 e. The lowest BCUT2D eigenvalue weighted by atomic mass is 10.3. The van der Waals surface area contributed by atoms with Gasteiger partial charge in [-0.2, -0.15) is 11.8 Å². The normalized spacial score (nSPS) is 12.6. The van der Waals surface area contributed by atoms with Gasteiger partial charge >= 0.3 is 0 Å². The van der Waals surface area contributed by atoms with E-state index in [0.29, 0.717) is 6.04 Å². The van der Waals surface area contributed by atoms with Gasteiger partial charge in [-0.1, -0.05) is 6.07 Å². The number of aromatic nitrogens is 1. The van der Waals surface area contributed by atoms with E-state index >= 15 is 0 Å². The highest BCUT2D eigenvalue weighted by atomic mass is 32.2. The van der Waals surface area contributed by atoms with Crippen molar-refractivity contribution >= 4 is 17.6 Å². The van der Waals surface area contributed by atoms with E-state index in [2.05, 4.69) is 42.2 Å². The lowest BCUT2D eigenvalue weighted by Gasteiger charge is -2.25. The van der Waals surface area contributed by atoms with Gasteiger partial charge in [0, 0.05) is 24.5 Å². The van der Waals surface area contributed by atoms with E-state index in [-0.39, 0.29) is 0 Å². The summed E-state index contributed by atoms with van der Waals surface area (Å²) < 4.78 is 0. The molecular formula is C11H18N2S. The molecule has 0 unspecified atom stereocenters. The average molecular weight is 210 g/mol. The van der Waals surface area contributed by atoms with Crippen molar-refractivity contribution in [1.82, 2.24) is 4.98 Å². The monoisotopic (exact) mass is 210 g/mol. The first-order chi connectivity index (χ1) is 6.65. The van der Waals surface area contributed by atoms with Crippen LogP contribution in [0.5, 0.6) is 0 Å². The van der Waals surface area contributed by atoms with Crippen molar-refractivity contribution in [1.29, 1.82) is 0 Å². The molecule has 1 aromatic heterocycles. The second kappa shape index (κ2) is 5.25. The van der Waals surface area contributed by atoms with Gasteiger partial charge in [0.25, 0.3) is 0 Å². The molecule has 1 atom stereocenters. The quantitative estimate of drug-likeness (QED) is 0.760. The van der Waals surface area contributed by atoms with Crippen LogP contribution in [-0.2, 0) is 0 Å². The predicted octanol–water partition coefficient (Wildman–Crippen LogP) is 2.58. The largest absolute Gasteiger partial charge is 0.356 e. The van der Waals surface area contributed by atoms with Gasteiger partial charge in [-0.05, 0) is 32.2 Å². The molecule has 0 radical (unpaired) electrons. The van der Waals surface area contributed by atoms with Crippen molar-refractivity contribution in [3.63, 3.8) is 0 Å². The second-order valence-corrected chi connectivity index (χ2v) is 4.46. The van der Waals surface area contributed by atoms with Gasteiger partial charge in [0.1, 0.15) is 5.82 Å². The van der Waals surface area contributed by atoms with Crippen LogP contribution in [-0.4, -0.2) is 30.1 Å². The summed E-state index contributed by atoms with van der Waals surface area (Å²) in [5.74, 6) is 2.19. The molecule has 0 aromatic carbocycles. The van der Waals surface area contributed by atoms with Crippen LogP contribution in [0.15, 0.2) is 18.2 Å². The Bertz CT molecular complexity index is 288. The van der Waals surface area contributed by atoms with Gasteiger partial charge in [0.2, 0.25) is 0 Å². The summed E-state index contributed by atoms with van der Waals surface area (Å²) in [5, 5.41) is 0. The summed E-state index contributed by atoms with van der Waals surface area (Å²) in [4.78, 5) is 6.72. The SMILES string of the molecule is CSC[C@@H](C)N(C)c1cccc(C)n1. The first kappa shape index (κ1) is 11.4. The van der Waals surface area contributed by atoms with Crippen molar-refractivity contribution in [2.24, 2.45) is 0 Å². The summed E-state index contributed by atoms with van der Waals surface area (Å²) in [6.07, 6.45) is 2.13. The molecule has 0 aliphatic heterocycles. The van der Waals surface area contributed by atoms with Crippen LogP contribution in [0.25, 0.3) is 0 Å². The molecule has 1 heterocycles. The molecule has 1 rings (SSSR count). The van der Waals surface area contributed by atoms with E-state index in [0.717, 1.165) is 17.3 Å². The molecule has 0 fully saturated rings. The fraction of sp³-hybridized carbons (Fsp3) is 0.545. The lowest BCUT2D eigenvalue weighted by molar-refractivity contribution is 0.752. The number of hydrogen-bond acceptors (Lipinski definition) is 3. The Hall–Kier alpha value is -0.700. The van der Waals surface area contributed by atoms with E-state index in [1.165, 1.54) is 0 Å². The number of pyridine rings is 1. The molecule has 0 saturated heterocycles. The van der Waals surface area contributed by atoms with Crippen LogP contribution < -0.4 is 4.90 Å². The number of thioether (sulfide) groups is 1. The fourth-order valence-corrected chi connectivity index (χ4v) is 2.01. The molecule has 78 valence electrons. The molecule has 0 N–H and O–H groups in total. The Labute approximate surface area is 90.7 Å². The van der Waals surface area contributed by atoms with Crippen LogP contribution in [0, 0.1) is 6.92 Å². The van der Waals surface area contributed by atoms with Gasteiger partial charge in [0.15, 0.2) is 0 Å². The second-order valence-electron chi connectivity index (χ2n) is 3.55. The van der Waals surface area contributed by atoms with E-state index < -0.39 is 0 Å². The van der Waals surface area contributed by atoms with Gasteiger partial charge in [-0.3, -0.25) is 0 Å². The van der Waals surface area contributed by atoms with Crippen molar-refractivity contribution in [3.05, 3.63) is 23.9 Å². The van der Waals surface area contributed by atoms with E-state index in [4.69, 9.17) is 0 Å². The molecule has 0 bridgehead atoms. The third-order valence-electron chi connectivity index (χ3n) is 2.30. The fourth-order valence-electron chi connectivity index (χ4n) is 1.30. The topological polar surface area (TPSA) is 16.1 Å². The third-order valence-corrected chi connectivity index (χ3v) is 3.12. The van der Waals surface area contributed by atoms with Crippen molar-refractivity contribution in [2.45, 2.75) is 19.9 Å². The van der Waals surface area contributed by atoms with Crippen molar-refractivity contribution < 1.29 is 0 Å². The van der Waals surface area contributed by atoms with E-state index in [1.807, 2.05) is 24.8 Å². The van der Waals surface area contributed by atoms with Crippen LogP contribution in [0.1, 0.15) is 12.6 Å². The molecule has 14 heavy (non-hydrogen) atoms. The maximum Gasteiger partial charge on any atom is 0.128 e. The molecule has 0 aliphatic carbocycles. The van der Waals surface area contributed by atoms with E-state index in [9.17, 15) is 0 Å². The van der Waals surface area contributed by atoms with Crippen molar-refractivity contribution in [2.75, 3.05) is 24.0 Å². The van der Waals surface area contributed by atoms with Gasteiger partial charge in [0.05, 0.1) is 0 Å². The molecule has 3 heteroatoms. The zero-order valence-corrected chi connectivity index (χ0v) is 10.1. The first-order valence-corrected chi connectivity index (χ1v) is 6.20. The number of hydrogen-bond donors (Lipinski definition) is 0. The number of aryl methyl sites for hydroxylation is 1. The summed E-state index contributed by atoms with van der Waals surface area (Å²) in [7, 11) is 2.10. The van der Waals surface area contributed by atoms with Gasteiger partial charge in [-0.15, -0.1) is 0 Å². The molecule has 0 aliphatic rings. The Morgan fingerprint density at radius 3 is 2.79 bits per heavy atom. The highest BCUT2D eigenvalue weighted by Crippen LogP contribution is 2.14. The highest BCUT2D eigenvalue weighted by Gasteiger charge is 2.09. The zero-order chi connectivity index (χ0) is 10.6. The minimum absolute atomic E-state index is 0.527. The molecule has 0 amide bonds. The molecule has 0 saturated carbocycles. The average Bonchev–Trinajstić information content (AvgIpc) is 2.17. The summed E-state index contributed by atoms with van der Waals surface area (Å²) in [6, 6.07) is 6.67. The minimum atomic E-state index is 0.527. The Morgan fingerprint density at radius 1 is 1.50 bits per heavy atom.